The maximum atomic E-state index is 12.7. The van der Waals surface area contributed by atoms with Crippen LogP contribution in [0, 0.1) is 11.3 Å². The number of benzene rings is 1. The third-order valence-electron chi connectivity index (χ3n) is 4.58. The Labute approximate surface area is 142 Å². The highest BCUT2D eigenvalue weighted by Crippen LogP contribution is 2.30. The van der Waals surface area contributed by atoms with Gasteiger partial charge in [-0.2, -0.15) is 0 Å². The molecule has 1 heterocycles. The lowest BCUT2D eigenvalue weighted by Crippen LogP contribution is -2.49. The summed E-state index contributed by atoms with van der Waals surface area (Å²) in [5, 5.41) is 10.1. The summed E-state index contributed by atoms with van der Waals surface area (Å²) in [5.41, 5.74) is 8.61. The summed E-state index contributed by atoms with van der Waals surface area (Å²) in [6.45, 7) is 3.58. The first-order valence-electron chi connectivity index (χ1n) is 7.73. The topological polar surface area (TPSA) is 85.5 Å². The van der Waals surface area contributed by atoms with E-state index in [0.717, 1.165) is 44.7 Å². The molecule has 3 rings (SSSR count). The lowest BCUT2D eigenvalue weighted by molar-refractivity contribution is -0.136. The monoisotopic (exact) mass is 337 g/mol. The van der Waals surface area contributed by atoms with E-state index in [1.807, 2.05) is 23.1 Å². The normalized spacial score (nSPS) is 20.6. The van der Waals surface area contributed by atoms with Crippen LogP contribution in [0.25, 0.3) is 0 Å². The molecule has 1 saturated heterocycles. The summed E-state index contributed by atoms with van der Waals surface area (Å²) in [7, 11) is 2.09. The fraction of sp³-hybridized carbons (Fsp3) is 0.500. The summed E-state index contributed by atoms with van der Waals surface area (Å²) in [6, 6.07) is 5.97. The smallest absolute Gasteiger partial charge is 0.226 e. The molecule has 1 unspecified atom stereocenters. The second kappa shape index (κ2) is 7.19. The van der Waals surface area contributed by atoms with Gasteiger partial charge >= 0.3 is 0 Å². The van der Waals surface area contributed by atoms with Gasteiger partial charge < -0.3 is 20.9 Å². The molecular formula is C16H24ClN5O. The van der Waals surface area contributed by atoms with Gasteiger partial charge in [-0.25, -0.2) is 0 Å². The van der Waals surface area contributed by atoms with E-state index in [1.54, 1.807) is 0 Å². The van der Waals surface area contributed by atoms with Crippen molar-refractivity contribution in [3.05, 3.63) is 29.3 Å². The van der Waals surface area contributed by atoms with E-state index in [4.69, 9.17) is 11.1 Å². The summed E-state index contributed by atoms with van der Waals surface area (Å²) in [5.74, 6) is 0.277. The molecule has 0 bridgehead atoms. The number of nitrogens with one attached hydrogen (secondary N) is 2. The van der Waals surface area contributed by atoms with E-state index in [9.17, 15) is 4.79 Å². The first kappa shape index (κ1) is 17.6. The number of hydrogen-bond acceptors (Lipinski definition) is 3. The molecule has 7 heteroatoms. The predicted molar refractivity (Wildman–Crippen MR) is 94.2 cm³/mol. The third kappa shape index (κ3) is 3.95. The Morgan fingerprint density at radius 1 is 1.22 bits per heavy atom. The summed E-state index contributed by atoms with van der Waals surface area (Å²) in [4.78, 5) is 16.9. The van der Waals surface area contributed by atoms with Gasteiger partial charge in [0.1, 0.15) is 0 Å². The standard InChI is InChI=1S/C16H23N5O.ClH/c1-20-4-6-21(7-5-20)15(22)13-8-11-2-3-14(19-16(17)18)10-12(11)9-13;/h2-3,10,13H,4-9H2,1H3,(H4,17,18,19);1H. The number of anilines is 1. The van der Waals surface area contributed by atoms with Crippen LogP contribution in [-0.4, -0.2) is 54.9 Å². The maximum absolute atomic E-state index is 12.7. The summed E-state index contributed by atoms with van der Waals surface area (Å²) in [6.07, 6.45) is 1.61. The number of piperazine rings is 1. The minimum Gasteiger partial charge on any atom is -0.370 e. The van der Waals surface area contributed by atoms with Crippen molar-refractivity contribution in [1.82, 2.24) is 9.80 Å². The van der Waals surface area contributed by atoms with Crippen molar-refractivity contribution in [2.75, 3.05) is 38.5 Å². The van der Waals surface area contributed by atoms with Gasteiger partial charge in [-0.1, -0.05) is 6.07 Å². The molecule has 1 aliphatic carbocycles. The van der Waals surface area contributed by atoms with Crippen molar-refractivity contribution >= 4 is 30.0 Å². The van der Waals surface area contributed by atoms with Crippen molar-refractivity contribution in [3.63, 3.8) is 0 Å². The average Bonchev–Trinajstić information content (AvgIpc) is 2.90. The zero-order chi connectivity index (χ0) is 15.7. The van der Waals surface area contributed by atoms with E-state index in [-0.39, 0.29) is 30.2 Å². The van der Waals surface area contributed by atoms with Gasteiger partial charge in [0.2, 0.25) is 5.91 Å². The third-order valence-corrected chi connectivity index (χ3v) is 4.58. The van der Waals surface area contributed by atoms with Gasteiger partial charge in [0, 0.05) is 37.8 Å². The number of nitrogens with zero attached hydrogens (tertiary/aromatic N) is 2. The van der Waals surface area contributed by atoms with E-state index < -0.39 is 0 Å². The van der Waals surface area contributed by atoms with Crippen LogP contribution in [0.15, 0.2) is 18.2 Å². The molecule has 1 aliphatic heterocycles. The number of likely N-dealkylation sites (N-methyl/N-ethyl adjacent to an activating group) is 1. The number of guanidine groups is 1. The highest BCUT2D eigenvalue weighted by molar-refractivity contribution is 5.90. The van der Waals surface area contributed by atoms with Crippen LogP contribution >= 0.6 is 12.4 Å². The maximum Gasteiger partial charge on any atom is 0.226 e. The predicted octanol–water partition coefficient (Wildman–Crippen LogP) is 0.903. The first-order valence-corrected chi connectivity index (χ1v) is 7.73. The van der Waals surface area contributed by atoms with Crippen LogP contribution in [-0.2, 0) is 17.6 Å². The number of halogens is 1. The van der Waals surface area contributed by atoms with Crippen molar-refractivity contribution in [3.8, 4) is 0 Å². The van der Waals surface area contributed by atoms with Crippen LogP contribution in [0.2, 0.25) is 0 Å². The zero-order valence-electron chi connectivity index (χ0n) is 13.3. The molecule has 0 spiro atoms. The van der Waals surface area contributed by atoms with Crippen molar-refractivity contribution in [2.45, 2.75) is 12.8 Å². The van der Waals surface area contributed by atoms with Crippen molar-refractivity contribution < 1.29 is 4.79 Å². The van der Waals surface area contributed by atoms with Gasteiger partial charge in [-0.3, -0.25) is 10.2 Å². The first-order chi connectivity index (χ1) is 10.5. The Bertz CT molecular complexity index is 598. The Morgan fingerprint density at radius 2 is 1.87 bits per heavy atom. The largest absolute Gasteiger partial charge is 0.370 e. The van der Waals surface area contributed by atoms with E-state index >= 15 is 0 Å². The molecule has 1 amide bonds. The number of fused-ring (bicyclic) bond motifs is 1. The number of rotatable bonds is 2. The van der Waals surface area contributed by atoms with Crippen molar-refractivity contribution in [2.24, 2.45) is 11.7 Å². The van der Waals surface area contributed by atoms with E-state index in [0.29, 0.717) is 0 Å². The summed E-state index contributed by atoms with van der Waals surface area (Å²) >= 11 is 0. The second-order valence-corrected chi connectivity index (χ2v) is 6.26. The molecule has 1 aromatic carbocycles. The van der Waals surface area contributed by atoms with E-state index in [2.05, 4.69) is 17.3 Å². The van der Waals surface area contributed by atoms with Gasteiger partial charge in [-0.05, 0) is 43.1 Å². The van der Waals surface area contributed by atoms with Crippen LogP contribution < -0.4 is 11.1 Å². The van der Waals surface area contributed by atoms with Crippen LogP contribution in [0.4, 0.5) is 5.69 Å². The number of carbonyl (C=O) groups is 1. The van der Waals surface area contributed by atoms with E-state index in [1.165, 1.54) is 11.1 Å². The molecule has 0 saturated carbocycles. The molecule has 6 nitrogen and oxygen atoms in total. The minimum absolute atomic E-state index is 0. The molecule has 0 aromatic heterocycles. The van der Waals surface area contributed by atoms with Crippen molar-refractivity contribution in [1.29, 1.82) is 5.41 Å². The van der Waals surface area contributed by atoms with Gasteiger partial charge in [0.15, 0.2) is 5.96 Å². The molecule has 1 fully saturated rings. The molecule has 1 aromatic rings. The number of hydrogen-bond donors (Lipinski definition) is 3. The van der Waals surface area contributed by atoms with Gasteiger partial charge in [-0.15, -0.1) is 12.4 Å². The Hall–Kier alpha value is -1.79. The molecular weight excluding hydrogens is 314 g/mol. The van der Waals surface area contributed by atoms with Crippen LogP contribution in [0.1, 0.15) is 11.1 Å². The fourth-order valence-corrected chi connectivity index (χ4v) is 3.31. The van der Waals surface area contributed by atoms with Gasteiger partial charge in [0.25, 0.3) is 0 Å². The Kier molecular flexibility index (Phi) is 5.49. The zero-order valence-corrected chi connectivity index (χ0v) is 14.2. The highest BCUT2D eigenvalue weighted by Gasteiger charge is 2.31. The second-order valence-electron chi connectivity index (χ2n) is 6.26. The van der Waals surface area contributed by atoms with Crippen LogP contribution in [0.5, 0.6) is 0 Å². The quantitative estimate of drug-likeness (QED) is 0.553. The lowest BCUT2D eigenvalue weighted by atomic mass is 10.0. The minimum atomic E-state index is -0.0667. The summed E-state index contributed by atoms with van der Waals surface area (Å²) < 4.78 is 0. The lowest BCUT2D eigenvalue weighted by Gasteiger charge is -2.34. The molecule has 1 atom stereocenters. The Balaban J connectivity index is 0.00000192. The SMILES string of the molecule is CN1CCN(C(=O)C2Cc3ccc(NC(=N)N)cc3C2)CC1.Cl. The molecule has 126 valence electrons. The molecule has 23 heavy (non-hydrogen) atoms. The molecule has 2 aliphatic rings. The molecule has 4 N–H and O–H groups in total. The number of carbonyl (C=O) groups excluding carboxylic acids is 1. The average molecular weight is 338 g/mol. The van der Waals surface area contributed by atoms with Gasteiger partial charge in [0.05, 0.1) is 0 Å². The van der Waals surface area contributed by atoms with Crippen LogP contribution in [0.3, 0.4) is 0 Å². The number of nitrogens with two attached hydrogens (primary N) is 1. The molecule has 0 radical (unpaired) electrons. The Morgan fingerprint density at radius 3 is 2.52 bits per heavy atom. The highest BCUT2D eigenvalue weighted by atomic mass is 35.5. The number of amides is 1. The fourth-order valence-electron chi connectivity index (χ4n) is 3.31.